The van der Waals surface area contributed by atoms with Crippen LogP contribution < -0.4 is 5.73 Å². The van der Waals surface area contributed by atoms with E-state index in [4.69, 9.17) is 5.73 Å². The Labute approximate surface area is 232 Å². The number of carbonyl (C=O) groups excluding carboxylic acids is 1. The normalized spacial score (nSPS) is 17.2. The molecule has 0 aromatic carbocycles. The minimum absolute atomic E-state index is 0.282. The monoisotopic (exact) mass is 527 g/mol. The molecule has 2 amide bonds. The van der Waals surface area contributed by atoms with Gasteiger partial charge in [0.05, 0.1) is 0 Å². The number of piperazine rings is 2. The Balaban J connectivity index is 0.000000534. The number of amides is 2. The van der Waals surface area contributed by atoms with Gasteiger partial charge in [0, 0.05) is 52.4 Å². The molecular formula is C30H66N6O. The predicted octanol–water partition coefficient (Wildman–Crippen LogP) is 5.21. The lowest BCUT2D eigenvalue weighted by Gasteiger charge is -2.34. The minimum Gasteiger partial charge on any atom is -0.351 e. The molecule has 7 nitrogen and oxygen atoms in total. The van der Waals surface area contributed by atoms with Gasteiger partial charge in [-0.15, -0.1) is 0 Å². The highest BCUT2D eigenvalue weighted by Crippen LogP contribution is 2.05. The Hall–Kier alpha value is -0.890. The number of urea groups is 1. The third-order valence-corrected chi connectivity index (χ3v) is 7.42. The SMILES string of the molecule is CCCCN(C)CCCC.CCCCN1CCN(C(N)=O)CC1.CCCCN1CCN(CCCC)CC1. The summed E-state index contributed by atoms with van der Waals surface area (Å²) in [5.41, 5.74) is 5.18. The molecule has 0 bridgehead atoms. The quantitative estimate of drug-likeness (QED) is 0.318. The topological polar surface area (TPSA) is 59.3 Å². The number of hydrogen-bond acceptors (Lipinski definition) is 5. The van der Waals surface area contributed by atoms with Gasteiger partial charge in [0.2, 0.25) is 0 Å². The van der Waals surface area contributed by atoms with Crippen LogP contribution in [0.25, 0.3) is 0 Å². The average Bonchev–Trinajstić information content (AvgIpc) is 2.93. The van der Waals surface area contributed by atoms with Crippen LogP contribution in [0.2, 0.25) is 0 Å². The van der Waals surface area contributed by atoms with Crippen LogP contribution in [0.5, 0.6) is 0 Å². The van der Waals surface area contributed by atoms with Crippen LogP contribution in [0.1, 0.15) is 98.8 Å². The van der Waals surface area contributed by atoms with E-state index in [0.29, 0.717) is 0 Å². The van der Waals surface area contributed by atoms with Crippen molar-refractivity contribution in [2.45, 2.75) is 98.8 Å². The summed E-state index contributed by atoms with van der Waals surface area (Å²) in [5.74, 6) is 0. The van der Waals surface area contributed by atoms with Crippen LogP contribution in [0, 0.1) is 0 Å². The molecule has 222 valence electrons. The number of carbonyl (C=O) groups is 1. The molecule has 0 aromatic rings. The van der Waals surface area contributed by atoms with E-state index in [9.17, 15) is 4.79 Å². The number of rotatable bonds is 15. The van der Waals surface area contributed by atoms with E-state index in [1.165, 1.54) is 117 Å². The minimum atomic E-state index is -0.282. The van der Waals surface area contributed by atoms with Gasteiger partial charge in [-0.25, -0.2) is 4.79 Å². The molecule has 2 aliphatic heterocycles. The smallest absolute Gasteiger partial charge is 0.314 e. The summed E-state index contributed by atoms with van der Waals surface area (Å²) >= 11 is 0. The molecule has 0 unspecified atom stereocenters. The van der Waals surface area contributed by atoms with Crippen molar-refractivity contribution >= 4 is 6.03 Å². The molecule has 0 radical (unpaired) electrons. The molecular weight excluding hydrogens is 460 g/mol. The fraction of sp³-hybridized carbons (Fsp3) is 0.967. The largest absolute Gasteiger partial charge is 0.351 e. The third-order valence-electron chi connectivity index (χ3n) is 7.42. The second-order valence-electron chi connectivity index (χ2n) is 10.9. The molecule has 0 aromatic heterocycles. The number of primary amides is 1. The second-order valence-corrected chi connectivity index (χ2v) is 10.9. The van der Waals surface area contributed by atoms with E-state index < -0.39 is 0 Å². The second kappa shape index (κ2) is 25.4. The summed E-state index contributed by atoms with van der Waals surface area (Å²) in [5, 5.41) is 0. The molecule has 2 fully saturated rings. The molecule has 0 atom stereocenters. The van der Waals surface area contributed by atoms with E-state index in [1.807, 2.05) is 0 Å². The van der Waals surface area contributed by atoms with Crippen molar-refractivity contribution in [1.82, 2.24) is 24.5 Å². The van der Waals surface area contributed by atoms with Crippen LogP contribution in [0.15, 0.2) is 0 Å². The van der Waals surface area contributed by atoms with E-state index in [1.54, 1.807) is 4.90 Å². The van der Waals surface area contributed by atoms with Crippen LogP contribution >= 0.6 is 0 Å². The summed E-state index contributed by atoms with van der Waals surface area (Å²) in [4.78, 5) is 22.6. The van der Waals surface area contributed by atoms with Gasteiger partial charge in [0.1, 0.15) is 0 Å². The first-order valence-electron chi connectivity index (χ1n) is 15.8. The zero-order valence-electron chi connectivity index (χ0n) is 26.0. The van der Waals surface area contributed by atoms with Crippen LogP contribution in [0.3, 0.4) is 0 Å². The van der Waals surface area contributed by atoms with E-state index in [2.05, 4.69) is 61.3 Å². The fourth-order valence-corrected chi connectivity index (χ4v) is 4.54. The van der Waals surface area contributed by atoms with Gasteiger partial charge in [-0.1, -0.05) is 66.7 Å². The van der Waals surface area contributed by atoms with Gasteiger partial charge >= 0.3 is 6.03 Å². The number of nitrogens with zero attached hydrogens (tertiary/aromatic N) is 5. The van der Waals surface area contributed by atoms with Crippen LogP contribution in [-0.4, -0.2) is 123 Å². The van der Waals surface area contributed by atoms with Gasteiger partial charge in [0.25, 0.3) is 0 Å². The maximum atomic E-state index is 10.8. The van der Waals surface area contributed by atoms with Crippen molar-refractivity contribution in [3.63, 3.8) is 0 Å². The highest BCUT2D eigenvalue weighted by molar-refractivity contribution is 5.72. The lowest BCUT2D eigenvalue weighted by Crippen LogP contribution is -2.50. The lowest BCUT2D eigenvalue weighted by atomic mass is 10.2. The van der Waals surface area contributed by atoms with E-state index in [0.717, 1.165) is 32.7 Å². The van der Waals surface area contributed by atoms with Gasteiger partial charge in [-0.05, 0) is 71.9 Å². The molecule has 7 heteroatoms. The Bertz CT molecular complexity index is 466. The highest BCUT2D eigenvalue weighted by Gasteiger charge is 2.18. The maximum absolute atomic E-state index is 10.8. The van der Waals surface area contributed by atoms with Gasteiger partial charge in [-0.2, -0.15) is 0 Å². The lowest BCUT2D eigenvalue weighted by molar-refractivity contribution is 0.130. The number of hydrogen-bond donors (Lipinski definition) is 1. The Morgan fingerprint density at radius 3 is 1.14 bits per heavy atom. The van der Waals surface area contributed by atoms with Crippen molar-refractivity contribution in [3.05, 3.63) is 0 Å². The maximum Gasteiger partial charge on any atom is 0.314 e. The van der Waals surface area contributed by atoms with Crippen molar-refractivity contribution in [2.24, 2.45) is 5.73 Å². The number of nitrogens with two attached hydrogens (primary N) is 1. The zero-order valence-corrected chi connectivity index (χ0v) is 26.0. The van der Waals surface area contributed by atoms with Crippen molar-refractivity contribution in [2.75, 3.05) is 92.1 Å². The molecule has 0 aliphatic carbocycles. The molecule has 2 heterocycles. The molecule has 2 rings (SSSR count). The molecule has 2 saturated heterocycles. The predicted molar refractivity (Wildman–Crippen MR) is 163 cm³/mol. The first-order chi connectivity index (χ1) is 17.9. The van der Waals surface area contributed by atoms with Crippen molar-refractivity contribution in [3.8, 4) is 0 Å². The van der Waals surface area contributed by atoms with Gasteiger partial charge in [-0.3, -0.25) is 4.90 Å². The van der Waals surface area contributed by atoms with Gasteiger partial charge in [0.15, 0.2) is 0 Å². The Kier molecular flexibility index (Phi) is 24.8. The van der Waals surface area contributed by atoms with Crippen LogP contribution in [0.4, 0.5) is 4.79 Å². The zero-order chi connectivity index (χ0) is 27.7. The summed E-state index contributed by atoms with van der Waals surface area (Å²) in [6.45, 7) is 26.3. The molecule has 37 heavy (non-hydrogen) atoms. The molecule has 2 N–H and O–H groups in total. The Morgan fingerprint density at radius 1 is 0.568 bits per heavy atom. The highest BCUT2D eigenvalue weighted by atomic mass is 16.2. The first kappa shape index (κ1) is 36.1. The molecule has 2 aliphatic rings. The summed E-state index contributed by atoms with van der Waals surface area (Å²) in [6, 6.07) is -0.282. The molecule has 0 saturated carbocycles. The summed E-state index contributed by atoms with van der Waals surface area (Å²) in [7, 11) is 2.21. The summed E-state index contributed by atoms with van der Waals surface area (Å²) < 4.78 is 0. The van der Waals surface area contributed by atoms with Gasteiger partial charge < -0.3 is 25.3 Å². The Morgan fingerprint density at radius 2 is 0.865 bits per heavy atom. The molecule has 0 spiro atoms. The van der Waals surface area contributed by atoms with Crippen LogP contribution in [-0.2, 0) is 0 Å². The fourth-order valence-electron chi connectivity index (χ4n) is 4.54. The van der Waals surface area contributed by atoms with Crippen molar-refractivity contribution < 1.29 is 4.79 Å². The number of unbranched alkanes of at least 4 members (excludes halogenated alkanes) is 5. The summed E-state index contributed by atoms with van der Waals surface area (Å²) in [6.07, 6.45) is 13.2. The van der Waals surface area contributed by atoms with Crippen molar-refractivity contribution in [1.29, 1.82) is 0 Å². The third kappa shape index (κ3) is 20.7. The first-order valence-corrected chi connectivity index (χ1v) is 15.8. The standard InChI is InChI=1S/C12H26N2.C9H19N3O.C9H21N/c1-3-5-7-13-9-11-14(12-10-13)8-6-4-2;1-2-3-4-11-5-7-12(8-6-11)9(10)13;1-4-6-8-10(3)9-7-5-2/h3-12H2,1-2H3;2-8H2,1H3,(H2,10,13);4-9H2,1-3H3. The average molecular weight is 527 g/mol. The van der Waals surface area contributed by atoms with E-state index in [-0.39, 0.29) is 6.03 Å². The van der Waals surface area contributed by atoms with E-state index >= 15 is 0 Å².